The van der Waals surface area contributed by atoms with Gasteiger partial charge in [-0.15, -0.1) is 0 Å². The smallest absolute Gasteiger partial charge is 0.293 e. The number of amides is 2. The van der Waals surface area contributed by atoms with Gasteiger partial charge in [0.25, 0.3) is 11.1 Å². The van der Waals surface area contributed by atoms with Crippen LogP contribution in [-0.2, 0) is 11.3 Å². The van der Waals surface area contributed by atoms with Gasteiger partial charge in [-0.05, 0) is 40.4 Å². The number of hydrogen-bond donors (Lipinski definition) is 0. The Morgan fingerprint density at radius 2 is 1.63 bits per heavy atom. The van der Waals surface area contributed by atoms with Crippen LogP contribution in [0.3, 0.4) is 0 Å². The molecular weight excluding hydrogens is 358 g/mol. The van der Waals surface area contributed by atoms with Crippen molar-refractivity contribution in [3.63, 3.8) is 0 Å². The molecule has 0 aliphatic carbocycles. The van der Waals surface area contributed by atoms with Crippen LogP contribution >= 0.6 is 11.8 Å². The first-order chi connectivity index (χ1) is 13.2. The quantitative estimate of drug-likeness (QED) is 0.596. The van der Waals surface area contributed by atoms with Gasteiger partial charge in [0.05, 0.1) is 18.6 Å². The van der Waals surface area contributed by atoms with E-state index in [0.717, 1.165) is 39.4 Å². The number of methoxy groups -OCH3 is 1. The van der Waals surface area contributed by atoms with Crippen molar-refractivity contribution in [2.45, 2.75) is 6.54 Å². The largest absolute Gasteiger partial charge is 0.496 e. The molecule has 134 valence electrons. The van der Waals surface area contributed by atoms with Crippen molar-refractivity contribution in [2.24, 2.45) is 0 Å². The minimum Gasteiger partial charge on any atom is -0.496 e. The number of nitrogens with zero attached hydrogens (tertiary/aromatic N) is 1. The highest BCUT2D eigenvalue weighted by molar-refractivity contribution is 8.18. The van der Waals surface area contributed by atoms with Crippen molar-refractivity contribution < 1.29 is 14.3 Å². The van der Waals surface area contributed by atoms with E-state index in [1.165, 1.54) is 4.90 Å². The number of imide groups is 1. The minimum absolute atomic E-state index is 0.243. The molecule has 4 nitrogen and oxygen atoms in total. The van der Waals surface area contributed by atoms with Crippen LogP contribution in [0.4, 0.5) is 4.79 Å². The van der Waals surface area contributed by atoms with Crippen LogP contribution in [-0.4, -0.2) is 23.2 Å². The second-order valence-corrected chi connectivity index (χ2v) is 7.15. The molecule has 0 radical (unpaired) electrons. The molecule has 3 aromatic rings. The monoisotopic (exact) mass is 375 g/mol. The van der Waals surface area contributed by atoms with Crippen LogP contribution < -0.4 is 4.74 Å². The van der Waals surface area contributed by atoms with Gasteiger partial charge < -0.3 is 4.74 Å². The first-order valence-electron chi connectivity index (χ1n) is 8.52. The van der Waals surface area contributed by atoms with Crippen LogP contribution in [0.2, 0.25) is 0 Å². The Balaban J connectivity index is 1.68. The van der Waals surface area contributed by atoms with Gasteiger partial charge in [-0.2, -0.15) is 0 Å². The molecular formula is C22H17NO3S. The highest BCUT2D eigenvalue weighted by Crippen LogP contribution is 2.36. The maximum absolute atomic E-state index is 12.8. The zero-order valence-corrected chi connectivity index (χ0v) is 15.5. The highest BCUT2D eigenvalue weighted by Gasteiger charge is 2.35. The SMILES string of the molecule is COc1ccc(/C=C2/SC(=O)N(Cc3ccccc3)C2=O)c2ccccc12. The Labute approximate surface area is 161 Å². The molecule has 0 N–H and O–H groups in total. The third kappa shape index (κ3) is 3.34. The van der Waals surface area contributed by atoms with Crippen molar-refractivity contribution in [3.8, 4) is 5.75 Å². The Hall–Kier alpha value is -3.05. The van der Waals surface area contributed by atoms with E-state index >= 15 is 0 Å². The van der Waals surface area contributed by atoms with Gasteiger partial charge in [0, 0.05) is 5.39 Å². The third-order valence-corrected chi connectivity index (χ3v) is 5.39. The molecule has 5 heteroatoms. The molecule has 27 heavy (non-hydrogen) atoms. The fraction of sp³-hybridized carbons (Fsp3) is 0.0909. The molecule has 0 atom stereocenters. The Kier molecular flexibility index (Phi) is 4.69. The van der Waals surface area contributed by atoms with E-state index < -0.39 is 0 Å². The van der Waals surface area contributed by atoms with Gasteiger partial charge in [0.2, 0.25) is 0 Å². The zero-order valence-electron chi connectivity index (χ0n) is 14.7. The number of fused-ring (bicyclic) bond motifs is 1. The van der Waals surface area contributed by atoms with E-state index in [4.69, 9.17) is 4.74 Å². The number of carbonyl (C=O) groups excluding carboxylic acids is 2. The molecule has 0 aromatic heterocycles. The molecule has 1 aliphatic heterocycles. The summed E-state index contributed by atoms with van der Waals surface area (Å²) in [4.78, 5) is 26.9. The first kappa shape index (κ1) is 17.4. The summed E-state index contributed by atoms with van der Waals surface area (Å²) < 4.78 is 5.42. The lowest BCUT2D eigenvalue weighted by Crippen LogP contribution is -2.27. The summed E-state index contributed by atoms with van der Waals surface area (Å²) in [5, 5.41) is 1.71. The van der Waals surface area contributed by atoms with Crippen LogP contribution in [0.1, 0.15) is 11.1 Å². The number of thioether (sulfide) groups is 1. The van der Waals surface area contributed by atoms with E-state index in [-0.39, 0.29) is 17.7 Å². The lowest BCUT2D eigenvalue weighted by atomic mass is 10.0. The van der Waals surface area contributed by atoms with E-state index in [2.05, 4.69) is 0 Å². The van der Waals surface area contributed by atoms with Crippen molar-refractivity contribution in [1.82, 2.24) is 4.90 Å². The predicted molar refractivity (Wildman–Crippen MR) is 108 cm³/mol. The van der Waals surface area contributed by atoms with Crippen molar-refractivity contribution in [3.05, 3.63) is 82.8 Å². The number of rotatable bonds is 4. The normalized spacial score (nSPS) is 15.7. The second kappa shape index (κ2) is 7.29. The van der Waals surface area contributed by atoms with Gasteiger partial charge in [-0.1, -0.05) is 60.7 Å². The Morgan fingerprint density at radius 3 is 2.37 bits per heavy atom. The highest BCUT2D eigenvalue weighted by atomic mass is 32.2. The van der Waals surface area contributed by atoms with Gasteiger partial charge in [0.1, 0.15) is 5.75 Å². The molecule has 0 unspecified atom stereocenters. The minimum atomic E-state index is -0.256. The van der Waals surface area contributed by atoms with Crippen LogP contribution in [0, 0.1) is 0 Å². The molecule has 1 saturated heterocycles. The summed E-state index contributed by atoms with van der Waals surface area (Å²) in [6, 6.07) is 21.2. The van der Waals surface area contributed by atoms with Gasteiger partial charge in [-0.3, -0.25) is 14.5 Å². The summed E-state index contributed by atoms with van der Waals surface area (Å²) >= 11 is 0.982. The fourth-order valence-electron chi connectivity index (χ4n) is 3.14. The second-order valence-electron chi connectivity index (χ2n) is 6.16. The van der Waals surface area contributed by atoms with Crippen molar-refractivity contribution in [1.29, 1.82) is 0 Å². The molecule has 3 aromatic carbocycles. The Bertz CT molecular complexity index is 1060. The maximum atomic E-state index is 12.8. The lowest BCUT2D eigenvalue weighted by molar-refractivity contribution is -0.123. The summed E-state index contributed by atoms with van der Waals surface area (Å²) in [6.07, 6.45) is 1.79. The fourth-order valence-corrected chi connectivity index (χ4v) is 3.97. The standard InChI is InChI=1S/C22H17NO3S/c1-26-19-12-11-16(17-9-5-6-10-18(17)19)13-20-21(24)23(22(25)27-20)14-15-7-3-2-4-8-15/h2-13H,14H2,1H3/b20-13+. The molecule has 2 amide bonds. The zero-order chi connectivity index (χ0) is 18.8. The summed E-state index contributed by atoms with van der Waals surface area (Å²) in [5.74, 6) is 0.522. The summed E-state index contributed by atoms with van der Waals surface area (Å²) in [5.41, 5.74) is 1.81. The lowest BCUT2D eigenvalue weighted by Gasteiger charge is -2.12. The third-order valence-electron chi connectivity index (χ3n) is 4.48. The number of hydrogen-bond acceptors (Lipinski definition) is 4. The van der Waals surface area contributed by atoms with Gasteiger partial charge >= 0.3 is 0 Å². The molecule has 0 saturated carbocycles. The maximum Gasteiger partial charge on any atom is 0.293 e. The van der Waals surface area contributed by atoms with E-state index in [9.17, 15) is 9.59 Å². The van der Waals surface area contributed by atoms with Crippen LogP contribution in [0.25, 0.3) is 16.8 Å². The first-order valence-corrected chi connectivity index (χ1v) is 9.34. The van der Waals surface area contributed by atoms with Gasteiger partial charge in [0.15, 0.2) is 0 Å². The van der Waals surface area contributed by atoms with Crippen molar-refractivity contribution >= 4 is 39.8 Å². The van der Waals surface area contributed by atoms with E-state index in [0.29, 0.717) is 4.91 Å². The molecule has 1 heterocycles. The molecule has 1 aliphatic rings. The average Bonchev–Trinajstić information content (AvgIpc) is 2.96. The number of carbonyl (C=O) groups is 2. The van der Waals surface area contributed by atoms with E-state index in [1.54, 1.807) is 13.2 Å². The Morgan fingerprint density at radius 1 is 0.926 bits per heavy atom. The molecule has 1 fully saturated rings. The number of benzene rings is 3. The molecule has 4 rings (SSSR count). The summed E-state index contributed by atoms with van der Waals surface area (Å²) in [7, 11) is 1.64. The van der Waals surface area contributed by atoms with Crippen LogP contribution in [0.5, 0.6) is 5.75 Å². The number of ether oxygens (including phenoxy) is 1. The summed E-state index contributed by atoms with van der Waals surface area (Å²) in [6.45, 7) is 0.284. The molecule has 0 spiro atoms. The predicted octanol–water partition coefficient (Wildman–Crippen LogP) is 5.08. The average molecular weight is 375 g/mol. The van der Waals surface area contributed by atoms with E-state index in [1.807, 2.05) is 66.7 Å². The topological polar surface area (TPSA) is 46.6 Å². The van der Waals surface area contributed by atoms with Gasteiger partial charge in [-0.25, -0.2) is 0 Å². The van der Waals surface area contributed by atoms with Crippen molar-refractivity contribution in [2.75, 3.05) is 7.11 Å². The van der Waals surface area contributed by atoms with Crippen LogP contribution in [0.15, 0.2) is 71.6 Å². The molecule has 0 bridgehead atoms.